The third-order valence-corrected chi connectivity index (χ3v) is 3.93. The van der Waals surface area contributed by atoms with Crippen molar-refractivity contribution >= 4 is 21.4 Å². The van der Waals surface area contributed by atoms with Gasteiger partial charge in [-0.05, 0) is 36.8 Å². The number of anilines is 2. The molecule has 0 aliphatic heterocycles. The van der Waals surface area contributed by atoms with Crippen LogP contribution in [0.15, 0.2) is 47.4 Å². The van der Waals surface area contributed by atoms with E-state index in [4.69, 9.17) is 5.73 Å². The number of halogens is 1. The van der Waals surface area contributed by atoms with E-state index in [0.29, 0.717) is 0 Å². The highest BCUT2D eigenvalue weighted by Crippen LogP contribution is 2.25. The van der Waals surface area contributed by atoms with Crippen LogP contribution in [0.4, 0.5) is 15.8 Å². The zero-order valence-corrected chi connectivity index (χ0v) is 11.0. The quantitative estimate of drug-likeness (QED) is 0.848. The minimum Gasteiger partial charge on any atom is -0.397 e. The molecule has 0 saturated heterocycles. The number of hydrogen-bond donors (Lipinski definition) is 2. The van der Waals surface area contributed by atoms with Gasteiger partial charge in [0.25, 0.3) is 10.0 Å². The molecule has 100 valence electrons. The van der Waals surface area contributed by atoms with Gasteiger partial charge in [-0.15, -0.1) is 0 Å². The van der Waals surface area contributed by atoms with E-state index in [1.54, 1.807) is 19.1 Å². The van der Waals surface area contributed by atoms with Gasteiger partial charge >= 0.3 is 0 Å². The number of nitrogens with one attached hydrogen (secondary N) is 1. The average molecular weight is 280 g/mol. The average Bonchev–Trinajstić information content (AvgIpc) is 2.34. The van der Waals surface area contributed by atoms with Gasteiger partial charge in [0.2, 0.25) is 0 Å². The Morgan fingerprint density at radius 1 is 1.16 bits per heavy atom. The highest BCUT2D eigenvalue weighted by atomic mass is 32.2. The maximum Gasteiger partial charge on any atom is 0.262 e. The lowest BCUT2D eigenvalue weighted by Crippen LogP contribution is -2.15. The molecule has 0 atom stereocenters. The van der Waals surface area contributed by atoms with Gasteiger partial charge in [-0.25, -0.2) is 12.8 Å². The Labute approximate surface area is 111 Å². The maximum atomic E-state index is 13.6. The van der Waals surface area contributed by atoms with Crippen molar-refractivity contribution in [3.63, 3.8) is 0 Å². The second kappa shape index (κ2) is 4.89. The van der Waals surface area contributed by atoms with E-state index in [9.17, 15) is 12.8 Å². The van der Waals surface area contributed by atoms with Crippen LogP contribution in [0, 0.1) is 12.7 Å². The molecule has 0 heterocycles. The second-order valence-corrected chi connectivity index (χ2v) is 5.81. The molecule has 2 rings (SSSR count). The van der Waals surface area contributed by atoms with E-state index in [2.05, 4.69) is 4.72 Å². The molecule has 0 bridgehead atoms. The molecule has 19 heavy (non-hydrogen) atoms. The predicted molar refractivity (Wildman–Crippen MR) is 72.8 cm³/mol. The van der Waals surface area contributed by atoms with E-state index in [-0.39, 0.29) is 16.3 Å². The van der Waals surface area contributed by atoms with Crippen LogP contribution in [0.2, 0.25) is 0 Å². The van der Waals surface area contributed by atoms with E-state index in [1.165, 1.54) is 24.3 Å². The first kappa shape index (κ1) is 13.4. The van der Waals surface area contributed by atoms with Crippen LogP contribution < -0.4 is 10.5 Å². The van der Waals surface area contributed by atoms with Crippen molar-refractivity contribution in [2.75, 3.05) is 10.5 Å². The first-order valence-corrected chi connectivity index (χ1v) is 7.02. The van der Waals surface area contributed by atoms with E-state index < -0.39 is 15.8 Å². The molecule has 0 aliphatic carbocycles. The lowest BCUT2D eigenvalue weighted by molar-refractivity contribution is 0.598. The molecule has 0 amide bonds. The van der Waals surface area contributed by atoms with Crippen molar-refractivity contribution in [1.29, 1.82) is 0 Å². The molecule has 0 saturated carbocycles. The predicted octanol–water partition coefficient (Wildman–Crippen LogP) is 2.52. The molecule has 0 radical (unpaired) electrons. The van der Waals surface area contributed by atoms with Crippen LogP contribution in [0.3, 0.4) is 0 Å². The number of rotatable bonds is 3. The Kier molecular flexibility index (Phi) is 3.44. The molecule has 0 aliphatic rings. The summed E-state index contributed by atoms with van der Waals surface area (Å²) in [5, 5.41) is 0. The summed E-state index contributed by atoms with van der Waals surface area (Å²) in [6.07, 6.45) is 0. The summed E-state index contributed by atoms with van der Waals surface area (Å²) in [6.45, 7) is 1.77. The lowest BCUT2D eigenvalue weighted by atomic mass is 10.2. The zero-order chi connectivity index (χ0) is 14.0. The highest BCUT2D eigenvalue weighted by Gasteiger charge is 2.17. The van der Waals surface area contributed by atoms with Gasteiger partial charge < -0.3 is 5.73 Å². The van der Waals surface area contributed by atoms with Crippen molar-refractivity contribution in [3.05, 3.63) is 53.8 Å². The monoisotopic (exact) mass is 280 g/mol. The van der Waals surface area contributed by atoms with Crippen molar-refractivity contribution < 1.29 is 12.8 Å². The summed E-state index contributed by atoms with van der Waals surface area (Å²) in [5.41, 5.74) is 6.17. The molecule has 6 heteroatoms. The smallest absolute Gasteiger partial charge is 0.262 e. The molecule has 0 fully saturated rings. The molecular formula is C13H13FN2O2S. The van der Waals surface area contributed by atoms with Crippen LogP contribution in [-0.4, -0.2) is 8.42 Å². The summed E-state index contributed by atoms with van der Waals surface area (Å²) in [5.74, 6) is -0.712. The summed E-state index contributed by atoms with van der Waals surface area (Å²) in [6, 6.07) is 10.3. The summed E-state index contributed by atoms with van der Waals surface area (Å²) < 4.78 is 40.0. The molecular weight excluding hydrogens is 267 g/mol. The molecule has 3 N–H and O–H groups in total. The summed E-state index contributed by atoms with van der Waals surface area (Å²) >= 11 is 0. The fraction of sp³-hybridized carbons (Fsp3) is 0.0769. The van der Waals surface area contributed by atoms with Gasteiger partial charge in [0.05, 0.1) is 10.6 Å². The van der Waals surface area contributed by atoms with Crippen LogP contribution in [0.5, 0.6) is 0 Å². The number of hydrogen-bond acceptors (Lipinski definition) is 3. The molecule has 4 nitrogen and oxygen atoms in total. The number of nitrogen functional groups attached to an aromatic ring is 1. The van der Waals surface area contributed by atoms with Crippen molar-refractivity contribution in [3.8, 4) is 0 Å². The van der Waals surface area contributed by atoms with Gasteiger partial charge in [-0.3, -0.25) is 4.72 Å². The Bertz CT molecular complexity index is 694. The number of para-hydroxylation sites is 1. The molecule has 0 spiro atoms. The third-order valence-electron chi connectivity index (χ3n) is 2.58. The summed E-state index contributed by atoms with van der Waals surface area (Å²) in [4.78, 5) is 0.0650. The van der Waals surface area contributed by atoms with Gasteiger partial charge in [0, 0.05) is 0 Å². The zero-order valence-electron chi connectivity index (χ0n) is 10.2. The second-order valence-electron chi connectivity index (χ2n) is 4.13. The topological polar surface area (TPSA) is 72.2 Å². The standard InChI is InChI=1S/C13H13FN2O2S/c1-9-4-2-5-10(8-9)19(17,18)16-13-11(14)6-3-7-12(13)15/h2-8,16H,15H2,1H3. The van der Waals surface area contributed by atoms with Crippen molar-refractivity contribution in [2.24, 2.45) is 0 Å². The normalized spacial score (nSPS) is 11.3. The van der Waals surface area contributed by atoms with E-state index in [0.717, 1.165) is 11.6 Å². The Hall–Kier alpha value is -2.08. The van der Waals surface area contributed by atoms with Crippen LogP contribution >= 0.6 is 0 Å². The van der Waals surface area contributed by atoms with E-state index in [1.807, 2.05) is 0 Å². The minimum absolute atomic E-state index is 0.0382. The van der Waals surface area contributed by atoms with E-state index >= 15 is 0 Å². The highest BCUT2D eigenvalue weighted by molar-refractivity contribution is 7.92. The van der Waals surface area contributed by atoms with Gasteiger partial charge in [0.1, 0.15) is 11.5 Å². The summed E-state index contributed by atoms with van der Waals surface area (Å²) in [7, 11) is -3.85. The Balaban J connectivity index is 2.42. The minimum atomic E-state index is -3.85. The van der Waals surface area contributed by atoms with Gasteiger partial charge in [-0.1, -0.05) is 18.2 Å². The largest absolute Gasteiger partial charge is 0.397 e. The van der Waals surface area contributed by atoms with Gasteiger partial charge in [-0.2, -0.15) is 0 Å². The fourth-order valence-electron chi connectivity index (χ4n) is 1.62. The molecule has 2 aromatic rings. The number of benzene rings is 2. The number of nitrogens with two attached hydrogens (primary N) is 1. The van der Waals surface area contributed by atoms with Crippen LogP contribution in [-0.2, 0) is 10.0 Å². The van der Waals surface area contributed by atoms with Crippen LogP contribution in [0.1, 0.15) is 5.56 Å². The van der Waals surface area contributed by atoms with Crippen molar-refractivity contribution in [2.45, 2.75) is 11.8 Å². The third kappa shape index (κ3) is 2.85. The molecule has 0 unspecified atom stereocenters. The lowest BCUT2D eigenvalue weighted by Gasteiger charge is -2.11. The first-order chi connectivity index (χ1) is 8.90. The van der Waals surface area contributed by atoms with Gasteiger partial charge in [0.15, 0.2) is 0 Å². The maximum absolute atomic E-state index is 13.6. The number of sulfonamides is 1. The van der Waals surface area contributed by atoms with Crippen LogP contribution in [0.25, 0.3) is 0 Å². The number of aryl methyl sites for hydroxylation is 1. The molecule has 0 aromatic heterocycles. The first-order valence-electron chi connectivity index (χ1n) is 5.53. The molecule has 2 aromatic carbocycles. The SMILES string of the molecule is Cc1cccc(S(=O)(=O)Nc2c(N)cccc2F)c1. The fourth-order valence-corrected chi connectivity index (χ4v) is 2.82. The van der Waals surface area contributed by atoms with Crippen molar-refractivity contribution in [1.82, 2.24) is 0 Å². The Morgan fingerprint density at radius 2 is 1.84 bits per heavy atom. The Morgan fingerprint density at radius 3 is 2.47 bits per heavy atom.